The van der Waals surface area contributed by atoms with E-state index in [1.54, 1.807) is 47.4 Å². The van der Waals surface area contributed by atoms with Gasteiger partial charge in [-0.15, -0.1) is 0 Å². The highest BCUT2D eigenvalue weighted by Gasteiger charge is 2.23. The molecule has 0 aromatic heterocycles. The van der Waals surface area contributed by atoms with Gasteiger partial charge in [0, 0.05) is 23.8 Å². The van der Waals surface area contributed by atoms with Crippen LogP contribution in [0.15, 0.2) is 42.5 Å². The first-order valence-electron chi connectivity index (χ1n) is 7.81. The minimum Gasteiger partial charge on any atom is -0.398 e. The van der Waals surface area contributed by atoms with Gasteiger partial charge in [0.2, 0.25) is 0 Å². The average Bonchev–Trinajstić information content (AvgIpc) is 3.10. The largest absolute Gasteiger partial charge is 0.398 e. The Kier molecular flexibility index (Phi) is 4.71. The number of halogens is 1. The van der Waals surface area contributed by atoms with Crippen molar-refractivity contribution in [2.24, 2.45) is 0 Å². The second-order valence-electron chi connectivity index (χ2n) is 5.73. The molecule has 0 unspecified atom stereocenters. The lowest BCUT2D eigenvalue weighted by molar-refractivity contribution is 0.0794. The molecule has 5 nitrogen and oxygen atoms in total. The molecule has 1 fully saturated rings. The number of hydrogen-bond acceptors (Lipinski definition) is 3. The van der Waals surface area contributed by atoms with Crippen LogP contribution in [0, 0.1) is 0 Å². The third-order valence-electron chi connectivity index (χ3n) is 4.06. The molecular weight excluding hydrogens is 326 g/mol. The molecular formula is C18H18ClN3O2. The fourth-order valence-electron chi connectivity index (χ4n) is 2.79. The van der Waals surface area contributed by atoms with Gasteiger partial charge in [-0.3, -0.25) is 9.59 Å². The number of nitrogens with one attached hydrogen (secondary N) is 1. The molecule has 0 radical (unpaired) electrons. The number of nitrogen functional groups attached to an aromatic ring is 1. The molecule has 24 heavy (non-hydrogen) atoms. The molecule has 3 N–H and O–H groups in total. The minimum absolute atomic E-state index is 0.119. The van der Waals surface area contributed by atoms with Crippen molar-refractivity contribution in [1.82, 2.24) is 4.90 Å². The number of rotatable bonds is 3. The van der Waals surface area contributed by atoms with Gasteiger partial charge < -0.3 is 16.0 Å². The van der Waals surface area contributed by atoms with E-state index in [2.05, 4.69) is 5.32 Å². The lowest BCUT2D eigenvalue weighted by Crippen LogP contribution is -2.29. The number of amides is 2. The molecule has 124 valence electrons. The lowest BCUT2D eigenvalue weighted by atomic mass is 10.1. The number of carbonyl (C=O) groups is 2. The van der Waals surface area contributed by atoms with E-state index >= 15 is 0 Å². The van der Waals surface area contributed by atoms with Crippen molar-refractivity contribution in [2.45, 2.75) is 12.8 Å². The molecule has 3 rings (SSSR count). The Labute approximate surface area is 145 Å². The summed E-state index contributed by atoms with van der Waals surface area (Å²) in [5.74, 6) is -0.475. The maximum absolute atomic E-state index is 12.7. The van der Waals surface area contributed by atoms with Crippen LogP contribution in [0.4, 0.5) is 11.4 Å². The Balaban J connectivity index is 1.89. The van der Waals surface area contributed by atoms with E-state index in [1.807, 2.05) is 0 Å². The van der Waals surface area contributed by atoms with Crippen LogP contribution in [0.1, 0.15) is 33.6 Å². The first-order chi connectivity index (χ1) is 11.6. The van der Waals surface area contributed by atoms with Crippen molar-refractivity contribution in [3.63, 3.8) is 0 Å². The molecule has 0 atom stereocenters. The molecule has 0 saturated carbocycles. The van der Waals surface area contributed by atoms with Gasteiger partial charge in [-0.1, -0.05) is 23.7 Å². The number of anilines is 2. The average molecular weight is 344 g/mol. The summed E-state index contributed by atoms with van der Waals surface area (Å²) in [6.45, 7) is 1.45. The molecule has 1 aliphatic heterocycles. The molecule has 2 aromatic rings. The molecule has 1 heterocycles. The van der Waals surface area contributed by atoms with Gasteiger partial charge >= 0.3 is 0 Å². The maximum atomic E-state index is 12.7. The molecule has 0 spiro atoms. The smallest absolute Gasteiger partial charge is 0.257 e. The molecule has 0 aliphatic carbocycles. The number of likely N-dealkylation sites (tertiary alicyclic amines) is 1. The van der Waals surface area contributed by atoms with Crippen LogP contribution >= 0.6 is 11.6 Å². The molecule has 2 aromatic carbocycles. The number of carbonyl (C=O) groups excluding carboxylic acids is 2. The summed E-state index contributed by atoms with van der Waals surface area (Å²) in [5.41, 5.74) is 7.42. The zero-order valence-corrected chi connectivity index (χ0v) is 13.8. The number of para-hydroxylation sites is 1. The zero-order valence-electron chi connectivity index (χ0n) is 13.1. The van der Waals surface area contributed by atoms with E-state index in [4.69, 9.17) is 17.3 Å². The van der Waals surface area contributed by atoms with Crippen LogP contribution in [0.5, 0.6) is 0 Å². The summed E-state index contributed by atoms with van der Waals surface area (Å²) in [6.07, 6.45) is 1.99. The van der Waals surface area contributed by atoms with E-state index in [0.717, 1.165) is 25.9 Å². The first-order valence-corrected chi connectivity index (χ1v) is 8.19. The van der Waals surface area contributed by atoms with Gasteiger partial charge in [-0.05, 0) is 43.2 Å². The normalized spacial score (nSPS) is 13.8. The van der Waals surface area contributed by atoms with Crippen molar-refractivity contribution in [2.75, 3.05) is 24.1 Å². The number of nitrogens with two attached hydrogens (primary N) is 1. The quantitative estimate of drug-likeness (QED) is 0.838. The number of benzene rings is 2. The van der Waals surface area contributed by atoms with E-state index in [1.165, 1.54) is 0 Å². The van der Waals surface area contributed by atoms with Crippen molar-refractivity contribution in [3.05, 3.63) is 58.6 Å². The third-order valence-corrected chi connectivity index (χ3v) is 4.29. The van der Waals surface area contributed by atoms with Crippen LogP contribution in [0.3, 0.4) is 0 Å². The molecule has 2 amide bonds. The van der Waals surface area contributed by atoms with Gasteiger partial charge in [-0.2, -0.15) is 0 Å². The molecule has 1 aliphatic rings. The third kappa shape index (κ3) is 3.36. The van der Waals surface area contributed by atoms with Gasteiger partial charge in [0.25, 0.3) is 11.8 Å². The Morgan fingerprint density at radius 1 is 1.04 bits per heavy atom. The van der Waals surface area contributed by atoms with Crippen molar-refractivity contribution in [1.29, 1.82) is 0 Å². The molecule has 6 heteroatoms. The summed E-state index contributed by atoms with van der Waals surface area (Å²) in [7, 11) is 0. The highest BCUT2D eigenvalue weighted by atomic mass is 35.5. The highest BCUT2D eigenvalue weighted by Crippen LogP contribution is 2.25. The predicted octanol–water partition coefficient (Wildman–Crippen LogP) is 3.41. The van der Waals surface area contributed by atoms with Crippen LogP contribution in [0.2, 0.25) is 5.02 Å². The molecule has 1 saturated heterocycles. The van der Waals surface area contributed by atoms with Gasteiger partial charge in [0.15, 0.2) is 0 Å². The number of nitrogens with zero attached hydrogens (tertiary/aromatic N) is 1. The van der Waals surface area contributed by atoms with Crippen LogP contribution in [-0.2, 0) is 0 Å². The highest BCUT2D eigenvalue weighted by molar-refractivity contribution is 6.31. The van der Waals surface area contributed by atoms with E-state index in [9.17, 15) is 9.59 Å². The number of hydrogen-bond donors (Lipinski definition) is 2. The van der Waals surface area contributed by atoms with E-state index in [-0.39, 0.29) is 11.8 Å². The lowest BCUT2D eigenvalue weighted by Gasteiger charge is -2.18. The van der Waals surface area contributed by atoms with Gasteiger partial charge in [0.05, 0.1) is 16.8 Å². The maximum Gasteiger partial charge on any atom is 0.257 e. The predicted molar refractivity (Wildman–Crippen MR) is 95.4 cm³/mol. The molecule has 0 bridgehead atoms. The topological polar surface area (TPSA) is 75.4 Å². The monoisotopic (exact) mass is 343 g/mol. The van der Waals surface area contributed by atoms with Crippen LogP contribution in [-0.4, -0.2) is 29.8 Å². The zero-order chi connectivity index (χ0) is 17.1. The summed E-state index contributed by atoms with van der Waals surface area (Å²) >= 11 is 6.04. The van der Waals surface area contributed by atoms with Gasteiger partial charge in [0.1, 0.15) is 0 Å². The Morgan fingerprint density at radius 3 is 2.46 bits per heavy atom. The van der Waals surface area contributed by atoms with E-state index < -0.39 is 0 Å². The Morgan fingerprint density at radius 2 is 1.75 bits per heavy atom. The Bertz CT molecular complexity index is 786. The fraction of sp³-hybridized carbons (Fsp3) is 0.222. The van der Waals surface area contributed by atoms with Crippen LogP contribution in [0.25, 0.3) is 0 Å². The Hall–Kier alpha value is -2.53. The second kappa shape index (κ2) is 6.93. The summed E-state index contributed by atoms with van der Waals surface area (Å²) in [6, 6.07) is 11.7. The summed E-state index contributed by atoms with van der Waals surface area (Å²) in [4.78, 5) is 26.9. The van der Waals surface area contributed by atoms with Crippen molar-refractivity contribution in [3.8, 4) is 0 Å². The fourth-order valence-corrected chi connectivity index (χ4v) is 2.96. The summed E-state index contributed by atoms with van der Waals surface area (Å²) < 4.78 is 0. The van der Waals surface area contributed by atoms with Crippen LogP contribution < -0.4 is 11.1 Å². The second-order valence-corrected chi connectivity index (χ2v) is 6.17. The van der Waals surface area contributed by atoms with Crippen molar-refractivity contribution < 1.29 is 9.59 Å². The minimum atomic E-state index is -0.356. The summed E-state index contributed by atoms with van der Waals surface area (Å²) in [5, 5.41) is 3.23. The first kappa shape index (κ1) is 16.3. The SMILES string of the molecule is Nc1ccccc1C(=O)Nc1ccc(Cl)cc1C(=O)N1CCCC1. The van der Waals surface area contributed by atoms with E-state index in [0.29, 0.717) is 27.5 Å². The van der Waals surface area contributed by atoms with Gasteiger partial charge in [-0.25, -0.2) is 0 Å². The van der Waals surface area contributed by atoms with Crippen molar-refractivity contribution >= 4 is 34.8 Å². The standard InChI is InChI=1S/C18H18ClN3O2/c19-12-7-8-16(14(11-12)18(24)22-9-3-4-10-22)21-17(23)13-5-1-2-6-15(13)20/h1-2,5-8,11H,3-4,9-10,20H2,(H,21,23).